The van der Waals surface area contributed by atoms with E-state index in [1.54, 1.807) is 38.3 Å². The van der Waals surface area contributed by atoms with Crippen molar-refractivity contribution in [1.82, 2.24) is 5.32 Å². The molecule has 0 aliphatic carbocycles. The number of ether oxygens (including phenoxy) is 1. The topological polar surface area (TPSA) is 75.7 Å². The molecule has 2 aromatic rings. The first-order chi connectivity index (χ1) is 12.2. The molecule has 0 bridgehead atoms. The third kappa shape index (κ3) is 4.95. The van der Waals surface area contributed by atoms with E-state index in [2.05, 4.69) is 5.32 Å². The molecule has 1 N–H and O–H groups in total. The average Bonchev–Trinajstić information content (AvgIpc) is 2.59. The molecule has 0 heterocycles. The highest BCUT2D eigenvalue weighted by Gasteiger charge is 2.24. The van der Waals surface area contributed by atoms with Gasteiger partial charge in [-0.1, -0.05) is 24.3 Å². The molecule has 1 unspecified atom stereocenters. The van der Waals surface area contributed by atoms with Crippen molar-refractivity contribution in [2.24, 2.45) is 0 Å². The quantitative estimate of drug-likeness (QED) is 0.801. The molecule has 0 saturated heterocycles. The maximum absolute atomic E-state index is 14.0. The Kier molecular flexibility index (Phi) is 6.20. The first-order valence-electron chi connectivity index (χ1n) is 7.88. The first kappa shape index (κ1) is 19.7. The van der Waals surface area contributed by atoms with Crippen molar-refractivity contribution in [3.05, 3.63) is 59.9 Å². The van der Waals surface area contributed by atoms with Gasteiger partial charge in [-0.3, -0.25) is 9.10 Å². The number of amides is 1. The Bertz CT molecular complexity index is 869. The van der Waals surface area contributed by atoms with Crippen LogP contribution in [0.15, 0.2) is 48.5 Å². The van der Waals surface area contributed by atoms with Crippen LogP contribution in [0, 0.1) is 5.82 Å². The van der Waals surface area contributed by atoms with Gasteiger partial charge in [-0.25, -0.2) is 12.8 Å². The number of carbonyl (C=O) groups excluding carboxylic acids is 1. The van der Waals surface area contributed by atoms with Crippen molar-refractivity contribution in [1.29, 1.82) is 0 Å². The maximum Gasteiger partial charge on any atom is 0.241 e. The molecule has 0 spiro atoms. The Labute approximate surface area is 152 Å². The maximum atomic E-state index is 14.0. The third-order valence-electron chi connectivity index (χ3n) is 3.80. The SMILES string of the molecule is COc1ccc(C(C)NC(=O)CN(c2ccccc2F)S(C)(=O)=O)cc1. The Morgan fingerprint density at radius 2 is 1.81 bits per heavy atom. The molecule has 0 aliphatic rings. The van der Waals surface area contributed by atoms with Gasteiger partial charge in [0.2, 0.25) is 15.9 Å². The highest BCUT2D eigenvalue weighted by Crippen LogP contribution is 2.21. The smallest absolute Gasteiger partial charge is 0.241 e. The summed E-state index contributed by atoms with van der Waals surface area (Å²) in [5, 5.41) is 2.72. The molecular formula is C18H21FN2O4S. The number of anilines is 1. The van der Waals surface area contributed by atoms with Crippen LogP contribution in [0.1, 0.15) is 18.5 Å². The highest BCUT2D eigenvalue weighted by atomic mass is 32.2. The predicted octanol–water partition coefficient (Wildman–Crippen LogP) is 2.48. The van der Waals surface area contributed by atoms with Crippen molar-refractivity contribution < 1.29 is 22.3 Å². The number of carbonyl (C=O) groups is 1. The lowest BCUT2D eigenvalue weighted by Gasteiger charge is -2.23. The van der Waals surface area contributed by atoms with E-state index < -0.39 is 28.3 Å². The standard InChI is InChI=1S/C18H21FN2O4S/c1-13(14-8-10-15(25-2)11-9-14)20-18(22)12-21(26(3,23)24)17-7-5-4-6-16(17)19/h4-11,13H,12H2,1-3H3,(H,20,22). The summed E-state index contributed by atoms with van der Waals surface area (Å²) in [4.78, 5) is 12.3. The number of para-hydroxylation sites is 1. The minimum atomic E-state index is -3.83. The summed E-state index contributed by atoms with van der Waals surface area (Å²) in [5.74, 6) is -0.564. The molecule has 0 saturated carbocycles. The molecule has 0 radical (unpaired) electrons. The number of nitrogens with zero attached hydrogens (tertiary/aromatic N) is 1. The number of sulfonamides is 1. The Hall–Kier alpha value is -2.61. The lowest BCUT2D eigenvalue weighted by atomic mass is 10.1. The Morgan fingerprint density at radius 1 is 1.19 bits per heavy atom. The van der Waals surface area contributed by atoms with Crippen molar-refractivity contribution in [2.75, 3.05) is 24.2 Å². The molecule has 1 atom stereocenters. The predicted molar refractivity (Wildman–Crippen MR) is 98.1 cm³/mol. The molecule has 8 heteroatoms. The van der Waals surface area contributed by atoms with Crippen LogP contribution in [0.4, 0.5) is 10.1 Å². The van der Waals surface area contributed by atoms with Crippen LogP contribution in [-0.2, 0) is 14.8 Å². The van der Waals surface area contributed by atoms with Gasteiger partial charge in [0, 0.05) is 0 Å². The lowest BCUT2D eigenvalue weighted by molar-refractivity contribution is -0.120. The van der Waals surface area contributed by atoms with Gasteiger partial charge in [0.05, 0.1) is 25.1 Å². The minimum Gasteiger partial charge on any atom is -0.497 e. The van der Waals surface area contributed by atoms with Crippen molar-refractivity contribution >= 4 is 21.6 Å². The van der Waals surface area contributed by atoms with Crippen molar-refractivity contribution in [3.63, 3.8) is 0 Å². The zero-order valence-electron chi connectivity index (χ0n) is 14.8. The summed E-state index contributed by atoms with van der Waals surface area (Å²) in [6, 6.07) is 12.2. The fourth-order valence-corrected chi connectivity index (χ4v) is 3.29. The first-order valence-corrected chi connectivity index (χ1v) is 9.72. The Balaban J connectivity index is 2.13. The van der Waals surface area contributed by atoms with Crippen LogP contribution in [0.5, 0.6) is 5.75 Å². The molecule has 2 rings (SSSR count). The molecule has 26 heavy (non-hydrogen) atoms. The number of rotatable bonds is 7. The van der Waals surface area contributed by atoms with Gasteiger partial charge in [-0.2, -0.15) is 0 Å². The zero-order chi connectivity index (χ0) is 19.3. The number of halogens is 1. The summed E-state index contributed by atoms with van der Waals surface area (Å²) < 4.78 is 43.8. The molecule has 0 aromatic heterocycles. The highest BCUT2D eigenvalue weighted by molar-refractivity contribution is 7.92. The van der Waals surface area contributed by atoms with Gasteiger partial charge in [-0.15, -0.1) is 0 Å². The lowest BCUT2D eigenvalue weighted by Crippen LogP contribution is -2.41. The molecular weight excluding hydrogens is 359 g/mol. The summed E-state index contributed by atoms with van der Waals surface area (Å²) in [6.07, 6.45) is 0.930. The number of benzene rings is 2. The van der Waals surface area contributed by atoms with E-state index in [1.165, 1.54) is 18.2 Å². The number of hydrogen-bond acceptors (Lipinski definition) is 4. The molecule has 0 aliphatic heterocycles. The second-order valence-corrected chi connectivity index (χ2v) is 7.69. The van der Waals surface area contributed by atoms with E-state index in [0.29, 0.717) is 5.75 Å². The van der Waals surface area contributed by atoms with Gasteiger partial charge < -0.3 is 10.1 Å². The molecule has 2 aromatic carbocycles. The second kappa shape index (κ2) is 8.18. The molecule has 0 fully saturated rings. The number of hydrogen-bond donors (Lipinski definition) is 1. The van der Waals surface area contributed by atoms with E-state index in [0.717, 1.165) is 22.2 Å². The second-order valence-electron chi connectivity index (χ2n) is 5.78. The summed E-state index contributed by atoms with van der Waals surface area (Å²) in [6.45, 7) is 1.26. The normalized spacial score (nSPS) is 12.3. The van der Waals surface area contributed by atoms with E-state index in [9.17, 15) is 17.6 Å². The molecule has 6 nitrogen and oxygen atoms in total. The summed E-state index contributed by atoms with van der Waals surface area (Å²) in [7, 11) is -2.27. The monoisotopic (exact) mass is 380 g/mol. The van der Waals surface area contributed by atoms with E-state index in [4.69, 9.17) is 4.74 Å². The van der Waals surface area contributed by atoms with Crippen LogP contribution < -0.4 is 14.4 Å². The Morgan fingerprint density at radius 3 is 2.35 bits per heavy atom. The zero-order valence-corrected chi connectivity index (χ0v) is 15.6. The van der Waals surface area contributed by atoms with E-state index in [1.807, 2.05) is 0 Å². The fourth-order valence-electron chi connectivity index (χ4n) is 2.43. The van der Waals surface area contributed by atoms with Crippen LogP contribution in [0.25, 0.3) is 0 Å². The van der Waals surface area contributed by atoms with Crippen molar-refractivity contribution in [3.8, 4) is 5.75 Å². The van der Waals surface area contributed by atoms with Gasteiger partial charge >= 0.3 is 0 Å². The summed E-state index contributed by atoms with van der Waals surface area (Å²) in [5.41, 5.74) is 0.665. The fraction of sp³-hybridized carbons (Fsp3) is 0.278. The van der Waals surface area contributed by atoms with Gasteiger partial charge in [0.15, 0.2) is 0 Å². The average molecular weight is 380 g/mol. The van der Waals surface area contributed by atoms with Crippen LogP contribution in [-0.4, -0.2) is 34.2 Å². The largest absolute Gasteiger partial charge is 0.497 e. The van der Waals surface area contributed by atoms with Gasteiger partial charge in [0.25, 0.3) is 0 Å². The number of nitrogens with one attached hydrogen (secondary N) is 1. The number of methoxy groups -OCH3 is 1. The van der Waals surface area contributed by atoms with E-state index in [-0.39, 0.29) is 11.7 Å². The van der Waals surface area contributed by atoms with E-state index >= 15 is 0 Å². The summed E-state index contributed by atoms with van der Waals surface area (Å²) >= 11 is 0. The third-order valence-corrected chi connectivity index (χ3v) is 4.93. The van der Waals surface area contributed by atoms with Crippen LogP contribution >= 0.6 is 0 Å². The van der Waals surface area contributed by atoms with Crippen LogP contribution in [0.2, 0.25) is 0 Å². The molecule has 1 amide bonds. The van der Waals surface area contributed by atoms with Crippen molar-refractivity contribution in [2.45, 2.75) is 13.0 Å². The van der Waals surface area contributed by atoms with Crippen LogP contribution in [0.3, 0.4) is 0 Å². The van der Waals surface area contributed by atoms with Gasteiger partial charge in [0.1, 0.15) is 18.1 Å². The van der Waals surface area contributed by atoms with Gasteiger partial charge in [-0.05, 0) is 36.8 Å². The molecule has 140 valence electrons. The minimum absolute atomic E-state index is 0.165.